The molecule has 7 nitrogen and oxygen atoms in total. The van der Waals surface area contributed by atoms with E-state index in [1.807, 2.05) is 32.0 Å². The van der Waals surface area contributed by atoms with Gasteiger partial charge in [-0.3, -0.25) is 14.5 Å². The number of para-hydroxylation sites is 2. The van der Waals surface area contributed by atoms with Crippen LogP contribution < -0.4 is 20.7 Å². The van der Waals surface area contributed by atoms with E-state index < -0.39 is 5.91 Å². The number of primary amides is 1. The Hall–Kier alpha value is -3.06. The van der Waals surface area contributed by atoms with E-state index in [2.05, 4.69) is 21.2 Å². The minimum absolute atomic E-state index is 0.0695. The van der Waals surface area contributed by atoms with Gasteiger partial charge in [-0.25, -0.2) is 0 Å². The van der Waals surface area contributed by atoms with E-state index in [-0.39, 0.29) is 11.9 Å². The van der Waals surface area contributed by atoms with E-state index in [9.17, 15) is 9.59 Å². The second kappa shape index (κ2) is 9.43. The monoisotopic (exact) mass is 396 g/mol. The Balaban J connectivity index is 1.56. The summed E-state index contributed by atoms with van der Waals surface area (Å²) in [6, 6.07) is 14.4. The van der Waals surface area contributed by atoms with Crippen molar-refractivity contribution in [3.05, 3.63) is 54.1 Å². The lowest BCUT2D eigenvalue weighted by Crippen LogP contribution is -2.52. The lowest BCUT2D eigenvalue weighted by molar-refractivity contribution is -0.120. The molecule has 2 aromatic carbocycles. The van der Waals surface area contributed by atoms with Crippen molar-refractivity contribution in [3.63, 3.8) is 0 Å². The van der Waals surface area contributed by atoms with Crippen LogP contribution in [0.15, 0.2) is 48.5 Å². The number of amides is 2. The third-order valence-electron chi connectivity index (χ3n) is 5.18. The molecule has 0 unspecified atom stereocenters. The van der Waals surface area contributed by atoms with Crippen LogP contribution in [-0.4, -0.2) is 55.5 Å². The summed E-state index contributed by atoms with van der Waals surface area (Å²) < 4.78 is 5.74. The molecule has 1 atom stereocenters. The zero-order valence-corrected chi connectivity index (χ0v) is 16.9. The lowest BCUT2D eigenvalue weighted by atomic mass is 10.1. The maximum absolute atomic E-state index is 12.6. The molecule has 3 rings (SSSR count). The van der Waals surface area contributed by atoms with Gasteiger partial charge >= 0.3 is 0 Å². The van der Waals surface area contributed by atoms with Gasteiger partial charge in [-0.2, -0.15) is 0 Å². The fourth-order valence-corrected chi connectivity index (χ4v) is 3.48. The van der Waals surface area contributed by atoms with E-state index in [0.29, 0.717) is 17.9 Å². The van der Waals surface area contributed by atoms with E-state index >= 15 is 0 Å². The average Bonchev–Trinajstić information content (AvgIpc) is 2.74. The fraction of sp³-hybridized carbons (Fsp3) is 0.364. The minimum Gasteiger partial charge on any atom is -0.492 e. The second-order valence-corrected chi connectivity index (χ2v) is 7.03. The van der Waals surface area contributed by atoms with E-state index in [0.717, 1.165) is 37.6 Å². The Kier molecular flexibility index (Phi) is 6.72. The van der Waals surface area contributed by atoms with E-state index in [1.165, 1.54) is 0 Å². The molecule has 0 saturated carbocycles. The molecule has 2 amide bonds. The minimum atomic E-state index is -0.486. The molecule has 3 N–H and O–H groups in total. The van der Waals surface area contributed by atoms with E-state index in [1.54, 1.807) is 24.3 Å². The molecule has 1 heterocycles. The predicted molar refractivity (Wildman–Crippen MR) is 114 cm³/mol. The van der Waals surface area contributed by atoms with Gasteiger partial charge in [0.1, 0.15) is 5.75 Å². The number of nitrogens with zero attached hydrogens (tertiary/aromatic N) is 2. The van der Waals surface area contributed by atoms with Gasteiger partial charge in [0, 0.05) is 37.4 Å². The first kappa shape index (κ1) is 20.7. The Morgan fingerprint density at radius 1 is 1.07 bits per heavy atom. The Morgan fingerprint density at radius 3 is 2.34 bits per heavy atom. The number of nitrogens with one attached hydrogen (secondary N) is 1. The molecule has 0 bridgehead atoms. The van der Waals surface area contributed by atoms with Crippen LogP contribution in [0.5, 0.6) is 5.75 Å². The van der Waals surface area contributed by atoms with Crippen molar-refractivity contribution in [2.75, 3.05) is 43.0 Å². The van der Waals surface area contributed by atoms with Crippen LogP contribution in [-0.2, 0) is 4.79 Å². The maximum atomic E-state index is 12.6. The number of rotatable bonds is 7. The molecule has 7 heteroatoms. The number of anilines is 2. The summed E-state index contributed by atoms with van der Waals surface area (Å²) in [5, 5.41) is 2.91. The van der Waals surface area contributed by atoms with Gasteiger partial charge in [-0.15, -0.1) is 0 Å². The summed E-state index contributed by atoms with van der Waals surface area (Å²) in [7, 11) is 0. The number of hydrogen-bond acceptors (Lipinski definition) is 5. The molecule has 29 heavy (non-hydrogen) atoms. The molecule has 1 aliphatic rings. The van der Waals surface area contributed by atoms with Crippen LogP contribution in [0, 0.1) is 0 Å². The summed E-state index contributed by atoms with van der Waals surface area (Å²) in [5.74, 6) is 0.341. The van der Waals surface area contributed by atoms with Crippen LogP contribution in [0.1, 0.15) is 24.2 Å². The van der Waals surface area contributed by atoms with Gasteiger partial charge in [-0.05, 0) is 50.2 Å². The highest BCUT2D eigenvalue weighted by Crippen LogP contribution is 2.29. The van der Waals surface area contributed by atoms with Crippen molar-refractivity contribution in [3.8, 4) is 5.75 Å². The number of carbonyl (C=O) groups excluding carboxylic acids is 2. The molecule has 1 fully saturated rings. The second-order valence-electron chi connectivity index (χ2n) is 7.03. The van der Waals surface area contributed by atoms with Crippen molar-refractivity contribution in [2.24, 2.45) is 5.73 Å². The summed E-state index contributed by atoms with van der Waals surface area (Å²) in [5.41, 5.74) is 7.41. The summed E-state index contributed by atoms with van der Waals surface area (Å²) in [6.07, 6.45) is 0. The van der Waals surface area contributed by atoms with Crippen LogP contribution in [0.25, 0.3) is 0 Å². The standard InChI is InChI=1S/C22H28N4O3/c1-3-29-20-7-5-4-6-19(20)26-14-12-25(13-15-26)16(2)22(28)24-18-10-8-17(9-11-18)21(23)27/h4-11,16H,3,12-15H2,1-2H3,(H2,23,27)(H,24,28)/t16-/m1/s1. The van der Waals surface area contributed by atoms with Crippen LogP contribution in [0.2, 0.25) is 0 Å². The van der Waals surface area contributed by atoms with Crippen molar-refractivity contribution < 1.29 is 14.3 Å². The molecule has 2 aromatic rings. The Morgan fingerprint density at radius 2 is 1.72 bits per heavy atom. The van der Waals surface area contributed by atoms with Gasteiger partial charge in [0.15, 0.2) is 0 Å². The highest BCUT2D eigenvalue weighted by molar-refractivity contribution is 5.96. The van der Waals surface area contributed by atoms with Crippen LogP contribution >= 0.6 is 0 Å². The van der Waals surface area contributed by atoms with Crippen molar-refractivity contribution in [1.82, 2.24) is 4.90 Å². The summed E-state index contributed by atoms with van der Waals surface area (Å²) >= 11 is 0. The number of piperazine rings is 1. The van der Waals surface area contributed by atoms with Crippen molar-refractivity contribution in [2.45, 2.75) is 19.9 Å². The predicted octanol–water partition coefficient (Wildman–Crippen LogP) is 2.33. The molecule has 1 aliphatic heterocycles. The number of ether oxygens (including phenoxy) is 1. The average molecular weight is 396 g/mol. The molecule has 0 radical (unpaired) electrons. The Bertz CT molecular complexity index is 845. The quantitative estimate of drug-likeness (QED) is 0.750. The van der Waals surface area contributed by atoms with Gasteiger partial charge < -0.3 is 20.7 Å². The van der Waals surface area contributed by atoms with Gasteiger partial charge in [0.05, 0.1) is 18.3 Å². The van der Waals surface area contributed by atoms with Crippen molar-refractivity contribution in [1.29, 1.82) is 0 Å². The third kappa shape index (κ3) is 5.06. The molecular weight excluding hydrogens is 368 g/mol. The van der Waals surface area contributed by atoms with Crippen LogP contribution in [0.4, 0.5) is 11.4 Å². The number of nitrogens with two attached hydrogens (primary N) is 1. The highest BCUT2D eigenvalue weighted by Gasteiger charge is 2.26. The first-order valence-electron chi connectivity index (χ1n) is 9.91. The molecule has 1 saturated heterocycles. The SMILES string of the molecule is CCOc1ccccc1N1CCN([C@H](C)C(=O)Nc2ccc(C(N)=O)cc2)CC1. The lowest BCUT2D eigenvalue weighted by Gasteiger charge is -2.39. The fourth-order valence-electron chi connectivity index (χ4n) is 3.48. The van der Waals surface area contributed by atoms with Gasteiger partial charge in [-0.1, -0.05) is 12.1 Å². The van der Waals surface area contributed by atoms with Crippen molar-refractivity contribution >= 4 is 23.2 Å². The number of hydrogen-bond donors (Lipinski definition) is 2. The Labute approximate surface area is 171 Å². The molecule has 0 aliphatic carbocycles. The topological polar surface area (TPSA) is 87.9 Å². The molecule has 0 spiro atoms. The summed E-state index contributed by atoms with van der Waals surface area (Å²) in [6.45, 7) is 7.76. The van der Waals surface area contributed by atoms with Gasteiger partial charge in [0.25, 0.3) is 0 Å². The van der Waals surface area contributed by atoms with Crippen LogP contribution in [0.3, 0.4) is 0 Å². The first-order valence-corrected chi connectivity index (χ1v) is 9.91. The normalized spacial score (nSPS) is 15.6. The first-order chi connectivity index (χ1) is 14.0. The zero-order chi connectivity index (χ0) is 20.8. The molecule has 154 valence electrons. The van der Waals surface area contributed by atoms with Gasteiger partial charge in [0.2, 0.25) is 11.8 Å². The molecule has 0 aromatic heterocycles. The smallest absolute Gasteiger partial charge is 0.248 e. The van der Waals surface area contributed by atoms with E-state index in [4.69, 9.17) is 10.5 Å². The third-order valence-corrected chi connectivity index (χ3v) is 5.18. The largest absolute Gasteiger partial charge is 0.492 e. The maximum Gasteiger partial charge on any atom is 0.248 e. The highest BCUT2D eigenvalue weighted by atomic mass is 16.5. The number of carbonyl (C=O) groups is 2. The zero-order valence-electron chi connectivity index (χ0n) is 16.9. The summed E-state index contributed by atoms with van der Waals surface area (Å²) in [4.78, 5) is 28.3. The molecular formula is C22H28N4O3. The number of benzene rings is 2.